The van der Waals surface area contributed by atoms with Crippen LogP contribution in [-0.2, 0) is 4.79 Å². The summed E-state index contributed by atoms with van der Waals surface area (Å²) in [7, 11) is 0. The van der Waals surface area contributed by atoms with E-state index in [0.29, 0.717) is 5.56 Å². The Bertz CT molecular complexity index is 433. The first-order valence-electron chi connectivity index (χ1n) is 5.08. The van der Waals surface area contributed by atoms with E-state index < -0.39 is 11.9 Å². The predicted octanol–water partition coefficient (Wildman–Crippen LogP) is 1.99. The van der Waals surface area contributed by atoms with Crippen LogP contribution in [0.3, 0.4) is 0 Å². The third-order valence-corrected chi connectivity index (χ3v) is 2.23. The van der Waals surface area contributed by atoms with Crippen LogP contribution in [-0.4, -0.2) is 23.7 Å². The monoisotopic (exact) mass is 257 g/mol. The van der Waals surface area contributed by atoms with E-state index in [1.54, 1.807) is 6.92 Å². The SMILES string of the molecule is CC(O)CNC(=O)/C=C/c1ccc(F)c(Cl)c1. The Morgan fingerprint density at radius 1 is 1.65 bits per heavy atom. The fourth-order valence-corrected chi connectivity index (χ4v) is 1.28. The molecule has 1 atom stereocenters. The third-order valence-electron chi connectivity index (χ3n) is 1.94. The largest absolute Gasteiger partial charge is 0.392 e. The summed E-state index contributed by atoms with van der Waals surface area (Å²) >= 11 is 5.59. The van der Waals surface area contributed by atoms with Crippen molar-refractivity contribution in [2.24, 2.45) is 0 Å². The molecule has 1 unspecified atom stereocenters. The summed E-state index contributed by atoms with van der Waals surface area (Å²) in [6, 6.07) is 4.17. The topological polar surface area (TPSA) is 49.3 Å². The second-order valence-corrected chi connectivity index (χ2v) is 4.01. The van der Waals surface area contributed by atoms with Gasteiger partial charge in [0.25, 0.3) is 0 Å². The molecule has 0 bridgehead atoms. The first-order valence-corrected chi connectivity index (χ1v) is 5.46. The van der Waals surface area contributed by atoms with Gasteiger partial charge in [0.2, 0.25) is 5.91 Å². The lowest BCUT2D eigenvalue weighted by atomic mass is 10.2. The molecular weight excluding hydrogens is 245 g/mol. The molecule has 3 nitrogen and oxygen atoms in total. The Morgan fingerprint density at radius 2 is 2.35 bits per heavy atom. The van der Waals surface area contributed by atoms with Crippen molar-refractivity contribution in [1.29, 1.82) is 0 Å². The summed E-state index contributed by atoms with van der Waals surface area (Å²) < 4.78 is 12.8. The maximum Gasteiger partial charge on any atom is 0.244 e. The molecule has 1 aromatic carbocycles. The molecule has 5 heteroatoms. The molecule has 0 saturated carbocycles. The second-order valence-electron chi connectivity index (χ2n) is 3.60. The van der Waals surface area contributed by atoms with Crippen LogP contribution in [0.1, 0.15) is 12.5 Å². The third kappa shape index (κ3) is 4.97. The molecule has 0 fully saturated rings. The van der Waals surface area contributed by atoms with Gasteiger partial charge in [0.05, 0.1) is 11.1 Å². The number of carbonyl (C=O) groups is 1. The van der Waals surface area contributed by atoms with Gasteiger partial charge in [0.1, 0.15) is 5.82 Å². The predicted molar refractivity (Wildman–Crippen MR) is 65.1 cm³/mol. The second kappa shape index (κ2) is 6.37. The Hall–Kier alpha value is -1.39. The van der Waals surface area contributed by atoms with Gasteiger partial charge in [-0.3, -0.25) is 4.79 Å². The molecular formula is C12H13ClFNO2. The maximum atomic E-state index is 12.8. The number of carbonyl (C=O) groups excluding carboxylic acids is 1. The number of hydrogen-bond acceptors (Lipinski definition) is 2. The lowest BCUT2D eigenvalue weighted by Crippen LogP contribution is -2.28. The van der Waals surface area contributed by atoms with Crippen molar-refractivity contribution in [1.82, 2.24) is 5.32 Å². The molecule has 17 heavy (non-hydrogen) atoms. The van der Waals surface area contributed by atoms with Gasteiger partial charge in [0.15, 0.2) is 0 Å². The number of aliphatic hydroxyl groups is 1. The normalized spacial score (nSPS) is 12.7. The van der Waals surface area contributed by atoms with E-state index in [1.807, 2.05) is 0 Å². The Balaban J connectivity index is 2.58. The minimum Gasteiger partial charge on any atom is -0.392 e. The van der Waals surface area contributed by atoms with Crippen LogP contribution >= 0.6 is 11.6 Å². The molecule has 0 aliphatic rings. The molecule has 92 valence electrons. The van der Waals surface area contributed by atoms with Gasteiger partial charge < -0.3 is 10.4 Å². The van der Waals surface area contributed by atoms with Crippen LogP contribution in [0.5, 0.6) is 0 Å². The minimum atomic E-state index is -0.590. The number of amides is 1. The van der Waals surface area contributed by atoms with E-state index in [1.165, 1.54) is 30.4 Å². The van der Waals surface area contributed by atoms with Gasteiger partial charge in [-0.1, -0.05) is 17.7 Å². The zero-order valence-electron chi connectivity index (χ0n) is 9.28. The van der Waals surface area contributed by atoms with Crippen molar-refractivity contribution >= 4 is 23.6 Å². The van der Waals surface area contributed by atoms with E-state index in [4.69, 9.17) is 16.7 Å². The first kappa shape index (κ1) is 13.7. The van der Waals surface area contributed by atoms with E-state index in [0.717, 1.165) is 0 Å². The summed E-state index contributed by atoms with van der Waals surface area (Å²) in [6.45, 7) is 1.76. The van der Waals surface area contributed by atoms with Crippen LogP contribution < -0.4 is 5.32 Å². The molecule has 0 heterocycles. The lowest BCUT2D eigenvalue weighted by Gasteiger charge is -2.03. The number of halogens is 2. The van der Waals surface area contributed by atoms with Crippen LogP contribution in [0.2, 0.25) is 5.02 Å². The highest BCUT2D eigenvalue weighted by Crippen LogP contribution is 2.16. The summed E-state index contributed by atoms with van der Waals surface area (Å²) in [4.78, 5) is 11.3. The van der Waals surface area contributed by atoms with Crippen LogP contribution in [0.4, 0.5) is 4.39 Å². The fraction of sp³-hybridized carbons (Fsp3) is 0.250. The Labute approximate surface area is 104 Å². The van der Waals surface area contributed by atoms with Gasteiger partial charge in [0, 0.05) is 12.6 Å². The molecule has 0 saturated heterocycles. The quantitative estimate of drug-likeness (QED) is 0.811. The molecule has 1 aromatic rings. The number of nitrogens with one attached hydrogen (secondary N) is 1. The number of benzene rings is 1. The maximum absolute atomic E-state index is 12.8. The summed E-state index contributed by atoms with van der Waals surface area (Å²) in [5, 5.41) is 11.5. The Morgan fingerprint density at radius 3 is 2.94 bits per heavy atom. The molecule has 2 N–H and O–H groups in total. The zero-order valence-corrected chi connectivity index (χ0v) is 10.0. The van der Waals surface area contributed by atoms with Crippen molar-refractivity contribution in [3.8, 4) is 0 Å². The van der Waals surface area contributed by atoms with Gasteiger partial charge >= 0.3 is 0 Å². The summed E-state index contributed by atoms with van der Waals surface area (Å²) in [5.41, 5.74) is 0.628. The van der Waals surface area contributed by atoms with E-state index in [-0.39, 0.29) is 17.5 Å². The van der Waals surface area contributed by atoms with Gasteiger partial charge in [-0.2, -0.15) is 0 Å². The average Bonchev–Trinajstić information content (AvgIpc) is 2.28. The van der Waals surface area contributed by atoms with E-state index in [2.05, 4.69) is 5.32 Å². The minimum absolute atomic E-state index is 0.0107. The van der Waals surface area contributed by atoms with Crippen molar-refractivity contribution < 1.29 is 14.3 Å². The fourth-order valence-electron chi connectivity index (χ4n) is 1.10. The molecule has 0 spiro atoms. The van der Waals surface area contributed by atoms with Crippen molar-refractivity contribution in [2.75, 3.05) is 6.54 Å². The number of hydrogen-bond donors (Lipinski definition) is 2. The van der Waals surface area contributed by atoms with Gasteiger partial charge in [-0.05, 0) is 30.7 Å². The van der Waals surface area contributed by atoms with Crippen molar-refractivity contribution in [3.63, 3.8) is 0 Å². The smallest absolute Gasteiger partial charge is 0.244 e. The van der Waals surface area contributed by atoms with E-state index in [9.17, 15) is 9.18 Å². The summed E-state index contributed by atoms with van der Waals surface area (Å²) in [6.07, 6.45) is 2.22. The van der Waals surface area contributed by atoms with Crippen LogP contribution in [0, 0.1) is 5.82 Å². The molecule has 0 aliphatic heterocycles. The highest BCUT2D eigenvalue weighted by molar-refractivity contribution is 6.30. The van der Waals surface area contributed by atoms with Gasteiger partial charge in [-0.15, -0.1) is 0 Å². The van der Waals surface area contributed by atoms with Gasteiger partial charge in [-0.25, -0.2) is 4.39 Å². The molecule has 0 aliphatic carbocycles. The van der Waals surface area contributed by atoms with Crippen LogP contribution in [0.15, 0.2) is 24.3 Å². The van der Waals surface area contributed by atoms with Crippen molar-refractivity contribution in [2.45, 2.75) is 13.0 Å². The average molecular weight is 258 g/mol. The van der Waals surface area contributed by atoms with Crippen molar-refractivity contribution in [3.05, 3.63) is 40.7 Å². The zero-order chi connectivity index (χ0) is 12.8. The molecule has 1 rings (SSSR count). The number of aliphatic hydroxyl groups excluding tert-OH is 1. The molecule has 0 radical (unpaired) electrons. The highest BCUT2D eigenvalue weighted by Gasteiger charge is 2.00. The van der Waals surface area contributed by atoms with Crippen LogP contribution in [0.25, 0.3) is 6.08 Å². The highest BCUT2D eigenvalue weighted by atomic mass is 35.5. The standard InChI is InChI=1S/C12H13ClFNO2/c1-8(16)7-15-12(17)5-3-9-2-4-11(14)10(13)6-9/h2-6,8,16H,7H2,1H3,(H,15,17)/b5-3+. The summed E-state index contributed by atoms with van der Waals surface area (Å²) in [5.74, 6) is -0.825. The lowest BCUT2D eigenvalue weighted by molar-refractivity contribution is -0.116. The Kier molecular flexibility index (Phi) is 5.12. The number of rotatable bonds is 4. The molecule has 1 amide bonds. The first-order chi connectivity index (χ1) is 7.99. The molecule has 0 aromatic heterocycles. The van der Waals surface area contributed by atoms with E-state index >= 15 is 0 Å².